The Morgan fingerprint density at radius 2 is 1.90 bits per heavy atom. The Bertz CT molecular complexity index is 1310. The molecule has 9 heteroatoms. The lowest BCUT2D eigenvalue weighted by Gasteiger charge is -2.10. The quantitative estimate of drug-likeness (QED) is 0.518. The third-order valence-corrected chi connectivity index (χ3v) is 6.29. The van der Waals surface area contributed by atoms with Gasteiger partial charge in [0.05, 0.1) is 9.60 Å². The number of fused-ring (bicyclic) bond motifs is 1. The molecule has 7 nitrogen and oxygen atoms in total. The average Bonchev–Trinajstić information content (AvgIpc) is 3.30. The highest BCUT2D eigenvalue weighted by molar-refractivity contribution is 7.90. The van der Waals surface area contributed by atoms with E-state index in [-0.39, 0.29) is 10.8 Å². The number of hydrogen-bond acceptors (Lipinski definition) is 6. The van der Waals surface area contributed by atoms with Crippen LogP contribution in [-0.4, -0.2) is 30.4 Å². The standard InChI is InChI=1S/C20H17N3O4S2/c1-23-9-7-18(22-23)21-20(24)14-11-13-8-10-28-19(13)17(12-14)27-15-3-5-16(6-4-15)29(2,25)26/h3-12H,1-2H3,(H,21,22,24). The molecule has 4 aromatic rings. The van der Waals surface area contributed by atoms with E-state index in [2.05, 4.69) is 10.4 Å². The van der Waals surface area contributed by atoms with Gasteiger partial charge in [-0.1, -0.05) is 0 Å². The average molecular weight is 428 g/mol. The van der Waals surface area contributed by atoms with Crippen LogP contribution in [0, 0.1) is 0 Å². The maximum absolute atomic E-state index is 12.7. The first-order valence-corrected chi connectivity index (χ1v) is 11.4. The van der Waals surface area contributed by atoms with Gasteiger partial charge in [-0.15, -0.1) is 11.3 Å². The summed E-state index contributed by atoms with van der Waals surface area (Å²) in [5.41, 5.74) is 0.435. The van der Waals surface area contributed by atoms with Gasteiger partial charge in [0.1, 0.15) is 11.5 Å². The van der Waals surface area contributed by atoms with E-state index in [1.54, 1.807) is 48.3 Å². The van der Waals surface area contributed by atoms with E-state index in [1.807, 2.05) is 11.4 Å². The molecule has 0 radical (unpaired) electrons. The monoisotopic (exact) mass is 427 g/mol. The number of nitrogens with zero attached hydrogens (tertiary/aromatic N) is 2. The summed E-state index contributed by atoms with van der Waals surface area (Å²) in [7, 11) is -1.51. The molecule has 148 valence electrons. The van der Waals surface area contributed by atoms with Crippen LogP contribution in [0.25, 0.3) is 10.1 Å². The first-order chi connectivity index (χ1) is 13.8. The molecule has 0 unspecified atom stereocenters. The van der Waals surface area contributed by atoms with Crippen molar-refractivity contribution in [2.45, 2.75) is 4.90 Å². The van der Waals surface area contributed by atoms with E-state index in [4.69, 9.17) is 4.74 Å². The van der Waals surface area contributed by atoms with Crippen molar-refractivity contribution in [2.75, 3.05) is 11.6 Å². The van der Waals surface area contributed by atoms with Crippen LogP contribution in [0.2, 0.25) is 0 Å². The van der Waals surface area contributed by atoms with Crippen molar-refractivity contribution in [3.63, 3.8) is 0 Å². The predicted molar refractivity (Wildman–Crippen MR) is 113 cm³/mol. The summed E-state index contributed by atoms with van der Waals surface area (Å²) >= 11 is 1.50. The first kappa shape index (κ1) is 19.2. The van der Waals surface area contributed by atoms with Gasteiger partial charge in [0, 0.05) is 31.1 Å². The molecular formula is C20H17N3O4S2. The summed E-state index contributed by atoms with van der Waals surface area (Å²) in [5.74, 6) is 1.17. The Morgan fingerprint density at radius 3 is 2.55 bits per heavy atom. The lowest BCUT2D eigenvalue weighted by Crippen LogP contribution is -2.12. The van der Waals surface area contributed by atoms with Gasteiger partial charge in [-0.25, -0.2) is 8.42 Å². The van der Waals surface area contributed by atoms with E-state index in [0.29, 0.717) is 22.9 Å². The number of carbonyl (C=O) groups excluding carboxylic acids is 1. The van der Waals surface area contributed by atoms with Gasteiger partial charge in [0.2, 0.25) is 0 Å². The summed E-state index contributed by atoms with van der Waals surface area (Å²) in [4.78, 5) is 12.9. The molecule has 1 N–H and O–H groups in total. The lowest BCUT2D eigenvalue weighted by molar-refractivity contribution is 0.102. The van der Waals surface area contributed by atoms with Crippen LogP contribution in [0.5, 0.6) is 11.5 Å². The number of anilines is 1. The second-order valence-electron chi connectivity index (χ2n) is 6.49. The Balaban J connectivity index is 1.65. The number of aryl methyl sites for hydroxylation is 1. The topological polar surface area (TPSA) is 90.3 Å². The molecule has 0 saturated carbocycles. The fourth-order valence-corrected chi connectivity index (χ4v) is 4.27. The van der Waals surface area contributed by atoms with E-state index in [0.717, 1.165) is 16.3 Å². The number of sulfone groups is 1. The highest BCUT2D eigenvalue weighted by Crippen LogP contribution is 2.35. The van der Waals surface area contributed by atoms with Gasteiger partial charge in [0.15, 0.2) is 15.7 Å². The second-order valence-corrected chi connectivity index (χ2v) is 9.42. The lowest BCUT2D eigenvalue weighted by atomic mass is 10.1. The number of hydrogen-bond donors (Lipinski definition) is 1. The van der Waals surface area contributed by atoms with Crippen LogP contribution >= 0.6 is 11.3 Å². The fourth-order valence-electron chi connectivity index (χ4n) is 2.81. The molecule has 2 aromatic carbocycles. The second kappa shape index (κ2) is 7.34. The number of ether oxygens (including phenoxy) is 1. The largest absolute Gasteiger partial charge is 0.456 e. The third kappa shape index (κ3) is 4.15. The Morgan fingerprint density at radius 1 is 1.14 bits per heavy atom. The molecule has 4 rings (SSSR count). The van der Waals surface area contributed by atoms with E-state index in [9.17, 15) is 13.2 Å². The summed E-state index contributed by atoms with van der Waals surface area (Å²) in [6.07, 6.45) is 2.90. The molecule has 1 amide bonds. The van der Waals surface area contributed by atoms with Gasteiger partial charge in [-0.3, -0.25) is 9.48 Å². The smallest absolute Gasteiger partial charge is 0.257 e. The number of aromatic nitrogens is 2. The number of nitrogens with one attached hydrogen (secondary N) is 1. The molecule has 0 spiro atoms. The highest BCUT2D eigenvalue weighted by Gasteiger charge is 2.15. The molecule has 0 atom stereocenters. The number of thiophene rings is 1. The van der Waals surface area contributed by atoms with Crippen LogP contribution in [0.1, 0.15) is 10.4 Å². The van der Waals surface area contributed by atoms with Crippen molar-refractivity contribution in [2.24, 2.45) is 7.05 Å². The zero-order valence-electron chi connectivity index (χ0n) is 15.6. The zero-order valence-corrected chi connectivity index (χ0v) is 17.3. The van der Waals surface area contributed by atoms with Crippen LogP contribution in [0.3, 0.4) is 0 Å². The van der Waals surface area contributed by atoms with Crippen LogP contribution < -0.4 is 10.1 Å². The summed E-state index contributed by atoms with van der Waals surface area (Å²) in [6.45, 7) is 0. The van der Waals surface area contributed by atoms with E-state index in [1.165, 1.54) is 23.5 Å². The molecular weight excluding hydrogens is 410 g/mol. The summed E-state index contributed by atoms with van der Waals surface area (Å²) in [5, 5.41) is 9.72. The number of carbonyl (C=O) groups is 1. The maximum atomic E-state index is 12.7. The Hall–Kier alpha value is -3.17. The van der Waals surface area contributed by atoms with Gasteiger partial charge in [0.25, 0.3) is 5.91 Å². The minimum Gasteiger partial charge on any atom is -0.456 e. The van der Waals surface area contributed by atoms with Gasteiger partial charge < -0.3 is 10.1 Å². The third-order valence-electron chi connectivity index (χ3n) is 4.21. The normalized spacial score (nSPS) is 11.5. The van der Waals surface area contributed by atoms with E-state index >= 15 is 0 Å². The Labute approximate surface area is 171 Å². The van der Waals surface area contributed by atoms with Crippen molar-refractivity contribution < 1.29 is 17.9 Å². The summed E-state index contributed by atoms with van der Waals surface area (Å²) in [6, 6.07) is 13.3. The number of amides is 1. The van der Waals surface area contributed by atoms with Crippen molar-refractivity contribution in [1.29, 1.82) is 0 Å². The Kier molecular flexibility index (Phi) is 4.85. The van der Waals surface area contributed by atoms with Gasteiger partial charge in [-0.05, 0) is 53.2 Å². The van der Waals surface area contributed by atoms with Crippen LogP contribution in [0.15, 0.2) is 65.0 Å². The SMILES string of the molecule is Cn1ccc(NC(=O)c2cc(Oc3ccc(S(C)(=O)=O)cc3)c3sccc3c2)n1. The fraction of sp³-hybridized carbons (Fsp3) is 0.100. The molecule has 0 aliphatic heterocycles. The van der Waals surface area contributed by atoms with Crippen molar-refractivity contribution in [1.82, 2.24) is 9.78 Å². The molecule has 0 aliphatic rings. The van der Waals surface area contributed by atoms with Crippen LogP contribution in [0.4, 0.5) is 5.82 Å². The first-order valence-electron chi connectivity index (χ1n) is 8.60. The molecule has 0 fully saturated rings. The van der Waals surface area contributed by atoms with Gasteiger partial charge >= 0.3 is 0 Å². The molecule has 0 aliphatic carbocycles. The molecule has 29 heavy (non-hydrogen) atoms. The predicted octanol–water partition coefficient (Wildman–Crippen LogP) is 4.08. The van der Waals surface area contributed by atoms with Gasteiger partial charge in [-0.2, -0.15) is 5.10 Å². The minimum absolute atomic E-state index is 0.217. The minimum atomic E-state index is -3.28. The van der Waals surface area contributed by atoms with Crippen LogP contribution in [-0.2, 0) is 16.9 Å². The number of rotatable bonds is 5. The zero-order chi connectivity index (χ0) is 20.6. The van der Waals surface area contributed by atoms with Crippen molar-refractivity contribution in [3.8, 4) is 11.5 Å². The molecule has 0 saturated heterocycles. The molecule has 2 heterocycles. The van der Waals surface area contributed by atoms with Crippen molar-refractivity contribution in [3.05, 3.63) is 65.7 Å². The summed E-state index contributed by atoms with van der Waals surface area (Å²) < 4.78 is 31.7. The van der Waals surface area contributed by atoms with Crippen molar-refractivity contribution >= 4 is 43.0 Å². The molecule has 2 aromatic heterocycles. The number of benzene rings is 2. The maximum Gasteiger partial charge on any atom is 0.257 e. The molecule has 0 bridgehead atoms. The van der Waals surface area contributed by atoms with E-state index < -0.39 is 9.84 Å². The highest BCUT2D eigenvalue weighted by atomic mass is 32.2.